The normalized spacial score (nSPS) is 16.8. The molecule has 100 valence electrons. The highest BCUT2D eigenvalue weighted by atomic mass is 79.9. The molecule has 0 aromatic carbocycles. The van der Waals surface area contributed by atoms with E-state index in [1.165, 1.54) is 0 Å². The Morgan fingerprint density at radius 3 is 3.00 bits per heavy atom. The molecule has 0 amide bonds. The third-order valence-electron chi connectivity index (χ3n) is 2.90. The Bertz CT molecular complexity index is 381. The second kappa shape index (κ2) is 7.07. The number of nitrogens with zero attached hydrogens (tertiary/aromatic N) is 1. The SMILES string of the molecule is CCNCc1cc(Br)cnc1OC1CCOCC1. The van der Waals surface area contributed by atoms with Gasteiger partial charge in [0.1, 0.15) is 6.10 Å². The monoisotopic (exact) mass is 314 g/mol. The van der Waals surface area contributed by atoms with Crippen LogP contribution in [0.15, 0.2) is 16.7 Å². The first-order chi connectivity index (χ1) is 8.79. The summed E-state index contributed by atoms with van der Waals surface area (Å²) in [6.45, 7) is 5.36. The fourth-order valence-corrected chi connectivity index (χ4v) is 2.29. The van der Waals surface area contributed by atoms with Gasteiger partial charge in [-0.25, -0.2) is 4.98 Å². The summed E-state index contributed by atoms with van der Waals surface area (Å²) in [7, 11) is 0. The highest BCUT2D eigenvalue weighted by Crippen LogP contribution is 2.23. The van der Waals surface area contributed by atoms with E-state index in [0.717, 1.165) is 55.1 Å². The topological polar surface area (TPSA) is 43.4 Å². The molecular weight excluding hydrogens is 296 g/mol. The van der Waals surface area contributed by atoms with E-state index >= 15 is 0 Å². The Labute approximate surface area is 116 Å². The van der Waals surface area contributed by atoms with Crippen molar-refractivity contribution < 1.29 is 9.47 Å². The first-order valence-electron chi connectivity index (χ1n) is 6.39. The van der Waals surface area contributed by atoms with Gasteiger partial charge in [-0.05, 0) is 28.5 Å². The molecule has 1 N–H and O–H groups in total. The summed E-state index contributed by atoms with van der Waals surface area (Å²) in [5, 5.41) is 3.30. The van der Waals surface area contributed by atoms with E-state index in [-0.39, 0.29) is 6.10 Å². The number of hydrogen-bond donors (Lipinski definition) is 1. The van der Waals surface area contributed by atoms with Gasteiger partial charge in [-0.1, -0.05) is 6.92 Å². The van der Waals surface area contributed by atoms with Crippen LogP contribution in [0, 0.1) is 0 Å². The summed E-state index contributed by atoms with van der Waals surface area (Å²) in [5.41, 5.74) is 1.10. The maximum Gasteiger partial charge on any atom is 0.218 e. The predicted octanol–water partition coefficient (Wildman–Crippen LogP) is 2.51. The van der Waals surface area contributed by atoms with Crippen LogP contribution in [0.4, 0.5) is 0 Å². The smallest absolute Gasteiger partial charge is 0.218 e. The summed E-state index contributed by atoms with van der Waals surface area (Å²) in [5.74, 6) is 0.742. The Morgan fingerprint density at radius 1 is 1.50 bits per heavy atom. The van der Waals surface area contributed by atoms with Crippen molar-refractivity contribution in [3.8, 4) is 5.88 Å². The predicted molar refractivity (Wildman–Crippen MR) is 73.8 cm³/mol. The zero-order valence-corrected chi connectivity index (χ0v) is 12.2. The fourth-order valence-electron chi connectivity index (χ4n) is 1.91. The Kier molecular flexibility index (Phi) is 5.41. The van der Waals surface area contributed by atoms with Crippen molar-refractivity contribution in [1.82, 2.24) is 10.3 Å². The molecule has 0 unspecified atom stereocenters. The van der Waals surface area contributed by atoms with E-state index in [1.807, 2.05) is 0 Å². The van der Waals surface area contributed by atoms with Gasteiger partial charge in [0.2, 0.25) is 5.88 Å². The van der Waals surface area contributed by atoms with E-state index in [2.05, 4.69) is 39.2 Å². The molecule has 1 aliphatic heterocycles. The molecule has 5 heteroatoms. The third-order valence-corrected chi connectivity index (χ3v) is 3.34. The van der Waals surface area contributed by atoms with Gasteiger partial charge in [-0.2, -0.15) is 0 Å². The lowest BCUT2D eigenvalue weighted by atomic mass is 10.1. The maximum absolute atomic E-state index is 5.99. The van der Waals surface area contributed by atoms with E-state index in [9.17, 15) is 0 Å². The molecule has 18 heavy (non-hydrogen) atoms. The highest BCUT2D eigenvalue weighted by molar-refractivity contribution is 9.10. The molecule has 0 atom stereocenters. The van der Waals surface area contributed by atoms with Crippen molar-refractivity contribution in [2.24, 2.45) is 0 Å². The average molecular weight is 315 g/mol. The molecule has 1 aliphatic rings. The molecule has 1 saturated heterocycles. The summed E-state index contributed by atoms with van der Waals surface area (Å²) < 4.78 is 12.3. The van der Waals surface area contributed by atoms with Crippen molar-refractivity contribution in [2.45, 2.75) is 32.4 Å². The number of nitrogens with one attached hydrogen (secondary N) is 1. The minimum Gasteiger partial charge on any atom is -0.474 e. The van der Waals surface area contributed by atoms with E-state index in [1.54, 1.807) is 6.20 Å². The lowest BCUT2D eigenvalue weighted by molar-refractivity contribution is 0.0232. The second-order valence-electron chi connectivity index (χ2n) is 4.33. The van der Waals surface area contributed by atoms with Crippen molar-refractivity contribution in [2.75, 3.05) is 19.8 Å². The minimum atomic E-state index is 0.229. The molecule has 2 heterocycles. The largest absolute Gasteiger partial charge is 0.474 e. The summed E-state index contributed by atoms with van der Waals surface area (Å²) in [4.78, 5) is 4.38. The van der Waals surface area contributed by atoms with Gasteiger partial charge in [-0.15, -0.1) is 0 Å². The van der Waals surface area contributed by atoms with Crippen molar-refractivity contribution in [3.05, 3.63) is 22.3 Å². The van der Waals surface area contributed by atoms with Crippen molar-refractivity contribution in [1.29, 1.82) is 0 Å². The average Bonchev–Trinajstić information content (AvgIpc) is 2.40. The van der Waals surface area contributed by atoms with E-state index in [4.69, 9.17) is 9.47 Å². The quantitative estimate of drug-likeness (QED) is 0.907. The Balaban J connectivity index is 2.04. The zero-order valence-electron chi connectivity index (χ0n) is 10.6. The van der Waals surface area contributed by atoms with Gasteiger partial charge in [0.25, 0.3) is 0 Å². The zero-order chi connectivity index (χ0) is 12.8. The van der Waals surface area contributed by atoms with Crippen molar-refractivity contribution >= 4 is 15.9 Å². The molecule has 0 radical (unpaired) electrons. The molecule has 0 bridgehead atoms. The van der Waals surface area contributed by atoms with Gasteiger partial charge < -0.3 is 14.8 Å². The lowest BCUT2D eigenvalue weighted by Gasteiger charge is -2.23. The van der Waals surface area contributed by atoms with Crippen LogP contribution in [-0.4, -0.2) is 30.8 Å². The van der Waals surface area contributed by atoms with Crippen LogP contribution in [0.1, 0.15) is 25.3 Å². The number of aromatic nitrogens is 1. The van der Waals surface area contributed by atoms with Crippen LogP contribution in [0.25, 0.3) is 0 Å². The first kappa shape index (κ1) is 13.8. The Morgan fingerprint density at radius 2 is 2.28 bits per heavy atom. The minimum absolute atomic E-state index is 0.229. The van der Waals surface area contributed by atoms with Gasteiger partial charge >= 0.3 is 0 Å². The molecule has 1 fully saturated rings. The van der Waals surface area contributed by atoms with E-state index in [0.29, 0.717) is 0 Å². The number of hydrogen-bond acceptors (Lipinski definition) is 4. The standard InChI is InChI=1S/C13H19BrN2O2/c1-2-15-8-10-7-11(14)9-16-13(10)18-12-3-5-17-6-4-12/h7,9,12,15H,2-6,8H2,1H3. The maximum atomic E-state index is 5.99. The van der Waals surface area contributed by atoms with Crippen LogP contribution in [0.3, 0.4) is 0 Å². The van der Waals surface area contributed by atoms with Crippen LogP contribution < -0.4 is 10.1 Å². The van der Waals surface area contributed by atoms with Gasteiger partial charge in [0.15, 0.2) is 0 Å². The molecule has 4 nitrogen and oxygen atoms in total. The Hall–Kier alpha value is -0.650. The van der Waals surface area contributed by atoms with Crippen LogP contribution >= 0.6 is 15.9 Å². The summed E-state index contributed by atoms with van der Waals surface area (Å²) >= 11 is 3.45. The molecule has 1 aromatic rings. The number of ether oxygens (including phenoxy) is 2. The van der Waals surface area contributed by atoms with E-state index < -0.39 is 0 Å². The molecule has 0 spiro atoms. The molecule has 0 saturated carbocycles. The lowest BCUT2D eigenvalue weighted by Crippen LogP contribution is -2.27. The van der Waals surface area contributed by atoms with Crippen LogP contribution in [0.2, 0.25) is 0 Å². The fraction of sp³-hybridized carbons (Fsp3) is 0.615. The third kappa shape index (κ3) is 3.93. The number of rotatable bonds is 5. The summed E-state index contributed by atoms with van der Waals surface area (Å²) in [6.07, 6.45) is 3.90. The summed E-state index contributed by atoms with van der Waals surface area (Å²) in [6, 6.07) is 2.06. The van der Waals surface area contributed by atoms with Gasteiger partial charge in [0.05, 0.1) is 13.2 Å². The van der Waals surface area contributed by atoms with Gasteiger partial charge in [-0.3, -0.25) is 0 Å². The first-order valence-corrected chi connectivity index (χ1v) is 7.18. The highest BCUT2D eigenvalue weighted by Gasteiger charge is 2.17. The van der Waals surface area contributed by atoms with Crippen LogP contribution in [-0.2, 0) is 11.3 Å². The van der Waals surface area contributed by atoms with Crippen molar-refractivity contribution in [3.63, 3.8) is 0 Å². The van der Waals surface area contributed by atoms with Crippen LogP contribution in [0.5, 0.6) is 5.88 Å². The molecule has 1 aromatic heterocycles. The van der Waals surface area contributed by atoms with Gasteiger partial charge in [0, 0.05) is 35.6 Å². The number of halogens is 1. The number of pyridine rings is 1. The molecule has 0 aliphatic carbocycles. The molecular formula is C13H19BrN2O2. The molecule has 2 rings (SSSR count). The second-order valence-corrected chi connectivity index (χ2v) is 5.24.